The quantitative estimate of drug-likeness (QED) is 0.320. The van der Waals surface area contributed by atoms with Gasteiger partial charge in [-0.2, -0.15) is 4.98 Å². The predicted molar refractivity (Wildman–Crippen MR) is 114 cm³/mol. The standard InChI is InChI=1S/C23H19F4N5/c1-14(12-24)9-10-16-5-3-6-17(11-16)31(13-20(26)27)22-21-18(25)7-4-8-19(21)32-15(2)29-30-23(32)28-22/h3-8,11,14,20H,12-13H2,1-2H3. The van der Waals surface area contributed by atoms with Gasteiger partial charge in [0.25, 0.3) is 12.2 Å². The molecule has 4 aromatic rings. The van der Waals surface area contributed by atoms with E-state index >= 15 is 0 Å². The van der Waals surface area contributed by atoms with Gasteiger partial charge in [0.2, 0.25) is 0 Å². The first-order valence-corrected chi connectivity index (χ1v) is 9.92. The van der Waals surface area contributed by atoms with Crippen molar-refractivity contribution in [3.05, 3.63) is 59.7 Å². The maximum absolute atomic E-state index is 15.0. The first kappa shape index (κ1) is 21.6. The van der Waals surface area contributed by atoms with Crippen molar-refractivity contribution in [2.75, 3.05) is 18.1 Å². The van der Waals surface area contributed by atoms with Crippen LogP contribution in [0.3, 0.4) is 0 Å². The van der Waals surface area contributed by atoms with Crippen molar-refractivity contribution in [3.8, 4) is 11.8 Å². The van der Waals surface area contributed by atoms with Crippen LogP contribution in [0.1, 0.15) is 18.3 Å². The van der Waals surface area contributed by atoms with Gasteiger partial charge in [0, 0.05) is 17.2 Å². The van der Waals surface area contributed by atoms with Gasteiger partial charge in [-0.3, -0.25) is 4.40 Å². The minimum Gasteiger partial charge on any atom is -0.320 e. The van der Waals surface area contributed by atoms with E-state index < -0.39 is 31.4 Å². The van der Waals surface area contributed by atoms with Crippen LogP contribution in [0.5, 0.6) is 0 Å². The summed E-state index contributed by atoms with van der Waals surface area (Å²) in [7, 11) is 0. The van der Waals surface area contributed by atoms with Gasteiger partial charge in [-0.1, -0.05) is 24.0 Å². The molecule has 9 heteroatoms. The van der Waals surface area contributed by atoms with Crippen LogP contribution in [-0.2, 0) is 0 Å². The van der Waals surface area contributed by atoms with Gasteiger partial charge in [0.15, 0.2) is 0 Å². The van der Waals surface area contributed by atoms with Crippen LogP contribution < -0.4 is 4.90 Å². The van der Waals surface area contributed by atoms with Crippen LogP contribution in [-0.4, -0.2) is 39.2 Å². The number of rotatable bonds is 5. The Morgan fingerprint density at radius 2 is 1.91 bits per heavy atom. The van der Waals surface area contributed by atoms with Crippen LogP contribution in [0.4, 0.5) is 29.1 Å². The highest BCUT2D eigenvalue weighted by atomic mass is 19.3. The second-order valence-electron chi connectivity index (χ2n) is 7.33. The Kier molecular flexibility index (Phi) is 5.95. The van der Waals surface area contributed by atoms with Crippen LogP contribution in [0, 0.1) is 30.5 Å². The number of nitrogens with zero attached hydrogens (tertiary/aromatic N) is 5. The molecule has 164 valence electrons. The molecule has 0 amide bonds. The minimum absolute atomic E-state index is 0.000496. The molecule has 1 unspecified atom stereocenters. The van der Waals surface area contributed by atoms with E-state index in [9.17, 15) is 17.6 Å². The fourth-order valence-electron chi connectivity index (χ4n) is 3.42. The number of alkyl halides is 3. The lowest BCUT2D eigenvalue weighted by Gasteiger charge is -2.25. The molecule has 0 N–H and O–H groups in total. The molecule has 1 atom stereocenters. The van der Waals surface area contributed by atoms with E-state index in [2.05, 4.69) is 27.0 Å². The summed E-state index contributed by atoms with van der Waals surface area (Å²) < 4.78 is 56.5. The van der Waals surface area contributed by atoms with Gasteiger partial charge >= 0.3 is 0 Å². The van der Waals surface area contributed by atoms with Crippen LogP contribution in [0.2, 0.25) is 0 Å². The average molecular weight is 441 g/mol. The highest BCUT2D eigenvalue weighted by Crippen LogP contribution is 2.34. The second-order valence-corrected chi connectivity index (χ2v) is 7.33. The van der Waals surface area contributed by atoms with Gasteiger partial charge < -0.3 is 4.90 Å². The molecule has 5 nitrogen and oxygen atoms in total. The van der Waals surface area contributed by atoms with Gasteiger partial charge in [-0.15, -0.1) is 10.2 Å². The van der Waals surface area contributed by atoms with Crippen molar-refractivity contribution in [1.82, 2.24) is 19.6 Å². The van der Waals surface area contributed by atoms with E-state index in [0.717, 1.165) is 0 Å². The zero-order chi connectivity index (χ0) is 22.8. The Morgan fingerprint density at radius 3 is 2.66 bits per heavy atom. The Balaban J connectivity index is 1.94. The smallest absolute Gasteiger partial charge is 0.257 e. The maximum Gasteiger partial charge on any atom is 0.257 e. The largest absolute Gasteiger partial charge is 0.320 e. The SMILES string of the molecule is Cc1nnc2nc(N(CC(F)F)c3cccc(C#CC(C)CF)c3)c3c(F)cccc3n12. The fraction of sp³-hybridized carbons (Fsp3) is 0.261. The van der Waals surface area contributed by atoms with E-state index in [4.69, 9.17) is 0 Å². The molecule has 0 saturated heterocycles. The molecular weight excluding hydrogens is 422 g/mol. The summed E-state index contributed by atoms with van der Waals surface area (Å²) in [6.45, 7) is 2.03. The van der Waals surface area contributed by atoms with Crippen molar-refractivity contribution in [3.63, 3.8) is 0 Å². The number of fused-ring (bicyclic) bond motifs is 3. The normalized spacial score (nSPS) is 12.2. The van der Waals surface area contributed by atoms with Crippen LogP contribution in [0.15, 0.2) is 42.5 Å². The van der Waals surface area contributed by atoms with Gasteiger partial charge in [0.1, 0.15) is 24.1 Å². The highest BCUT2D eigenvalue weighted by Gasteiger charge is 2.23. The summed E-state index contributed by atoms with van der Waals surface area (Å²) in [4.78, 5) is 5.63. The van der Waals surface area contributed by atoms with Gasteiger partial charge in [-0.05, 0) is 44.2 Å². The maximum atomic E-state index is 15.0. The Morgan fingerprint density at radius 1 is 1.12 bits per heavy atom. The van der Waals surface area contributed by atoms with Gasteiger partial charge in [-0.25, -0.2) is 17.6 Å². The van der Waals surface area contributed by atoms with Gasteiger partial charge in [0.05, 0.1) is 17.4 Å². The molecular formula is C23H19F4N5. The summed E-state index contributed by atoms with van der Waals surface area (Å²) >= 11 is 0. The molecule has 0 radical (unpaired) electrons. The molecule has 2 aromatic heterocycles. The molecule has 0 bridgehead atoms. The average Bonchev–Trinajstić information content (AvgIpc) is 3.16. The Labute approximate surface area is 181 Å². The number of halogens is 4. The molecule has 0 saturated carbocycles. The number of aryl methyl sites for hydroxylation is 1. The van der Waals surface area contributed by atoms with Crippen molar-refractivity contribution >= 4 is 28.2 Å². The van der Waals surface area contributed by atoms with E-state index in [1.54, 1.807) is 48.6 Å². The Bertz CT molecular complexity index is 1340. The van der Waals surface area contributed by atoms with Crippen LogP contribution >= 0.6 is 0 Å². The summed E-state index contributed by atoms with van der Waals surface area (Å²) in [5, 5.41) is 8.06. The topological polar surface area (TPSA) is 46.3 Å². The highest BCUT2D eigenvalue weighted by molar-refractivity contribution is 5.94. The first-order valence-electron chi connectivity index (χ1n) is 9.92. The third-order valence-electron chi connectivity index (χ3n) is 4.90. The van der Waals surface area contributed by atoms with Crippen molar-refractivity contribution in [1.29, 1.82) is 0 Å². The van der Waals surface area contributed by atoms with E-state index in [1.807, 2.05) is 0 Å². The van der Waals surface area contributed by atoms with Crippen molar-refractivity contribution < 1.29 is 17.6 Å². The molecule has 2 heterocycles. The Hall–Kier alpha value is -3.67. The summed E-state index contributed by atoms with van der Waals surface area (Å²) in [6.07, 6.45) is -2.73. The van der Waals surface area contributed by atoms with Crippen LogP contribution in [0.25, 0.3) is 16.7 Å². The molecule has 2 aromatic carbocycles. The fourth-order valence-corrected chi connectivity index (χ4v) is 3.42. The summed E-state index contributed by atoms with van der Waals surface area (Å²) in [5.41, 5.74) is 1.29. The van der Waals surface area contributed by atoms with E-state index in [0.29, 0.717) is 22.6 Å². The predicted octanol–water partition coefficient (Wildman–Crippen LogP) is 5.09. The number of hydrogen-bond acceptors (Lipinski definition) is 4. The number of hydrogen-bond donors (Lipinski definition) is 0. The second kappa shape index (κ2) is 8.83. The lowest BCUT2D eigenvalue weighted by Crippen LogP contribution is -2.25. The van der Waals surface area contributed by atoms with Crippen molar-refractivity contribution in [2.45, 2.75) is 20.3 Å². The summed E-state index contributed by atoms with van der Waals surface area (Å²) in [5.74, 6) is 5.23. The first-order chi connectivity index (χ1) is 15.4. The minimum atomic E-state index is -2.73. The van der Waals surface area contributed by atoms with Crippen molar-refractivity contribution in [2.24, 2.45) is 5.92 Å². The zero-order valence-electron chi connectivity index (χ0n) is 17.4. The zero-order valence-corrected chi connectivity index (χ0v) is 17.4. The number of anilines is 2. The third kappa shape index (κ3) is 4.08. The monoisotopic (exact) mass is 441 g/mol. The number of aromatic nitrogens is 4. The third-order valence-corrected chi connectivity index (χ3v) is 4.90. The molecule has 0 aliphatic carbocycles. The molecule has 4 rings (SSSR count). The van der Waals surface area contributed by atoms with E-state index in [1.165, 1.54) is 17.0 Å². The lowest BCUT2D eigenvalue weighted by molar-refractivity contribution is 0.158. The number of benzene rings is 2. The molecule has 0 spiro atoms. The molecule has 0 aliphatic rings. The summed E-state index contributed by atoms with van der Waals surface area (Å²) in [6, 6.07) is 11.0. The molecule has 0 aliphatic heterocycles. The van der Waals surface area contributed by atoms with E-state index in [-0.39, 0.29) is 17.0 Å². The lowest BCUT2D eigenvalue weighted by atomic mass is 10.1. The molecule has 0 fully saturated rings. The molecule has 32 heavy (non-hydrogen) atoms.